The molecule has 0 rings (SSSR count). The van der Waals surface area contributed by atoms with Crippen molar-refractivity contribution in [2.75, 3.05) is 39.6 Å². The number of phosphoric acid groups is 2. The van der Waals surface area contributed by atoms with Crippen LogP contribution in [-0.2, 0) is 65.4 Å². The van der Waals surface area contributed by atoms with Crippen LogP contribution >= 0.6 is 15.6 Å². The summed E-state index contributed by atoms with van der Waals surface area (Å²) in [6.45, 7) is 4.29. The molecule has 0 heterocycles. The molecule has 0 aromatic heterocycles. The Morgan fingerprint density at radius 1 is 0.264 bits per heavy atom. The topological polar surface area (TPSA) is 237 Å². The minimum absolute atomic E-state index is 0.0590. The van der Waals surface area contributed by atoms with Crippen molar-refractivity contribution >= 4 is 39.5 Å². The molecule has 0 aromatic carbocycles. The molecule has 5 unspecified atom stereocenters. The van der Waals surface area contributed by atoms with Gasteiger partial charge in [0.1, 0.15) is 19.3 Å². The molecule has 0 radical (unpaired) electrons. The van der Waals surface area contributed by atoms with Crippen molar-refractivity contribution < 1.29 is 80.2 Å². The summed E-state index contributed by atoms with van der Waals surface area (Å²) in [5, 5.41) is 10.6. The number of esters is 4. The van der Waals surface area contributed by atoms with Crippen molar-refractivity contribution in [3.63, 3.8) is 0 Å². The Hall–Kier alpha value is -5.84. The van der Waals surface area contributed by atoms with Crippen LogP contribution in [0.3, 0.4) is 0 Å². The van der Waals surface area contributed by atoms with Gasteiger partial charge in [0.2, 0.25) is 0 Å². The Bertz CT molecular complexity index is 2730. The van der Waals surface area contributed by atoms with Crippen LogP contribution in [-0.4, -0.2) is 96.7 Å². The van der Waals surface area contributed by atoms with E-state index >= 15 is 0 Å². The van der Waals surface area contributed by atoms with Gasteiger partial charge in [-0.2, -0.15) is 0 Å². The molecule has 106 heavy (non-hydrogen) atoms. The molecular formula is C87H140O17P2. The van der Waals surface area contributed by atoms with Gasteiger partial charge in [0.05, 0.1) is 26.4 Å². The van der Waals surface area contributed by atoms with Crippen LogP contribution in [0.15, 0.2) is 182 Å². The maximum atomic E-state index is 13.1. The minimum Gasteiger partial charge on any atom is -0.462 e. The lowest BCUT2D eigenvalue weighted by atomic mass is 10.1. The lowest BCUT2D eigenvalue weighted by Gasteiger charge is -2.21. The van der Waals surface area contributed by atoms with Gasteiger partial charge in [-0.1, -0.05) is 268 Å². The van der Waals surface area contributed by atoms with Gasteiger partial charge in [0, 0.05) is 25.7 Å². The lowest BCUT2D eigenvalue weighted by molar-refractivity contribution is -0.161. The lowest BCUT2D eigenvalue weighted by Crippen LogP contribution is -2.30. The third kappa shape index (κ3) is 76.4. The quantitative estimate of drug-likeness (QED) is 0.0169. The molecule has 0 fully saturated rings. The van der Waals surface area contributed by atoms with E-state index in [4.69, 9.17) is 37.0 Å². The van der Waals surface area contributed by atoms with Crippen molar-refractivity contribution in [2.24, 2.45) is 0 Å². The molecule has 0 aliphatic rings. The summed E-state index contributed by atoms with van der Waals surface area (Å²) in [6.07, 6.45) is 93.0. The van der Waals surface area contributed by atoms with Crippen molar-refractivity contribution in [3.05, 3.63) is 182 Å². The van der Waals surface area contributed by atoms with E-state index in [1.807, 2.05) is 0 Å². The van der Waals surface area contributed by atoms with Crippen LogP contribution in [0.2, 0.25) is 0 Å². The Morgan fingerprint density at radius 3 is 0.736 bits per heavy atom. The van der Waals surface area contributed by atoms with Gasteiger partial charge in [-0.05, 0) is 173 Å². The summed E-state index contributed by atoms with van der Waals surface area (Å²) in [7, 11) is -10.0. The molecule has 19 heteroatoms. The molecule has 600 valence electrons. The molecule has 5 atom stereocenters. The Morgan fingerprint density at radius 2 is 0.462 bits per heavy atom. The van der Waals surface area contributed by atoms with E-state index in [0.29, 0.717) is 25.7 Å². The van der Waals surface area contributed by atoms with Crippen molar-refractivity contribution in [2.45, 2.75) is 303 Å². The van der Waals surface area contributed by atoms with E-state index in [1.165, 1.54) is 0 Å². The zero-order valence-electron chi connectivity index (χ0n) is 65.5. The number of carbonyl (C=O) groups is 4. The maximum absolute atomic E-state index is 13.1. The molecule has 0 aliphatic carbocycles. The number of allylic oxidation sites excluding steroid dienone is 30. The molecule has 0 saturated carbocycles. The number of hydrogen-bond donors (Lipinski definition) is 3. The SMILES string of the molecule is CC/C=C\C/C=C\C/C=C\C/C=C\C/C=C\CCCCCC(=O)OCC(COP(=O)(O)OCC(O)COP(=O)(O)OCC(COC(=O)CCCC/C=C\C/C=C\C/C=C\C/C=C\CC)OC(=O)CCCCCCC/C=C\C/C=C\C/C=C\CC)OC(=O)CCCCCCCCC/C=C\C/C=C\C/C=C\CC. The number of phosphoric ester groups is 2. The summed E-state index contributed by atoms with van der Waals surface area (Å²) in [6, 6.07) is 0. The molecule has 0 amide bonds. The van der Waals surface area contributed by atoms with Crippen molar-refractivity contribution in [1.82, 2.24) is 0 Å². The fraction of sp³-hybridized carbons (Fsp3) is 0.609. The number of unbranched alkanes of at least 4 members (excludes halogenated alkanes) is 17. The molecular weight excluding hydrogens is 1380 g/mol. The van der Waals surface area contributed by atoms with Crippen LogP contribution in [0.25, 0.3) is 0 Å². The smallest absolute Gasteiger partial charge is 0.462 e. The molecule has 17 nitrogen and oxygen atoms in total. The standard InChI is InChI=1S/C87H140O17P2/c1-5-9-13-17-21-25-29-33-37-39-40-42-45-48-52-56-60-64-68-72-85(90)98-78-83(104-87(92)74-70-66-62-58-54-50-46-41-38-34-30-26-22-18-14-10-6-2)80-102-106(95,96)100-76-81(88)75-99-105(93,94)101-79-82(103-86(91)73-69-65-61-57-53-49-44-36-32-28-24-20-16-12-8-4)77-97-84(89)71-67-63-59-55-51-47-43-35-31-27-23-19-15-11-7-3/h9-16,21-28,33-38,40,42-44,48,51-52,55,81-83,88H,5-8,17-20,29-32,39,41,45-47,49-50,53-54,56-80H2,1-4H3,(H,93,94)(H,95,96)/b13-9-,14-10-,15-11-,16-12-,25-21-,26-22-,27-23-,28-24-,37-33-,38-34-,42-40-,43-35-,44-36-,52-48-,55-51-. The van der Waals surface area contributed by atoms with E-state index in [0.717, 1.165) is 205 Å². The normalized spacial score (nSPS) is 14.8. The predicted molar refractivity (Wildman–Crippen MR) is 436 cm³/mol. The first-order chi connectivity index (χ1) is 51.7. The molecule has 0 bridgehead atoms. The number of carbonyl (C=O) groups excluding carboxylic acids is 4. The number of aliphatic hydroxyl groups excluding tert-OH is 1. The van der Waals surface area contributed by atoms with Crippen LogP contribution in [0.1, 0.15) is 285 Å². The van der Waals surface area contributed by atoms with Gasteiger partial charge < -0.3 is 33.8 Å². The first-order valence-electron chi connectivity index (χ1n) is 40.0. The molecule has 0 spiro atoms. The van der Waals surface area contributed by atoms with Gasteiger partial charge in [-0.15, -0.1) is 0 Å². The summed E-state index contributed by atoms with van der Waals surface area (Å²) in [4.78, 5) is 73.1. The number of aliphatic hydroxyl groups is 1. The molecule has 0 aliphatic heterocycles. The molecule has 0 aromatic rings. The summed E-state index contributed by atoms with van der Waals surface area (Å²) in [5.41, 5.74) is 0. The Balaban J connectivity index is 5.47. The number of ether oxygens (including phenoxy) is 4. The van der Waals surface area contributed by atoms with Crippen molar-refractivity contribution in [3.8, 4) is 0 Å². The largest absolute Gasteiger partial charge is 0.472 e. The average Bonchev–Trinajstić information content (AvgIpc) is 0.902. The third-order valence-electron chi connectivity index (χ3n) is 15.9. The monoisotopic (exact) mass is 1520 g/mol. The van der Waals surface area contributed by atoms with Crippen LogP contribution in [0, 0.1) is 0 Å². The maximum Gasteiger partial charge on any atom is 0.472 e. The minimum atomic E-state index is -5.00. The second-order valence-electron chi connectivity index (χ2n) is 25.8. The highest BCUT2D eigenvalue weighted by Crippen LogP contribution is 2.45. The average molecular weight is 1520 g/mol. The number of rotatable bonds is 73. The third-order valence-corrected chi connectivity index (χ3v) is 17.8. The second-order valence-corrected chi connectivity index (χ2v) is 28.7. The van der Waals surface area contributed by atoms with E-state index in [-0.39, 0.29) is 25.7 Å². The second kappa shape index (κ2) is 77.3. The van der Waals surface area contributed by atoms with Gasteiger partial charge in [0.25, 0.3) is 0 Å². The Labute approximate surface area is 641 Å². The van der Waals surface area contributed by atoms with Gasteiger partial charge in [0.15, 0.2) is 12.2 Å². The zero-order chi connectivity index (χ0) is 77.4. The zero-order valence-corrected chi connectivity index (χ0v) is 67.3. The van der Waals surface area contributed by atoms with E-state index in [2.05, 4.69) is 210 Å². The highest BCUT2D eigenvalue weighted by Gasteiger charge is 2.30. The van der Waals surface area contributed by atoms with E-state index in [9.17, 15) is 43.2 Å². The molecule has 0 saturated heterocycles. The van der Waals surface area contributed by atoms with Gasteiger partial charge >= 0.3 is 39.5 Å². The van der Waals surface area contributed by atoms with E-state index in [1.54, 1.807) is 0 Å². The van der Waals surface area contributed by atoms with Crippen LogP contribution in [0.4, 0.5) is 0 Å². The molecule has 3 N–H and O–H groups in total. The predicted octanol–water partition coefficient (Wildman–Crippen LogP) is 23.6. The van der Waals surface area contributed by atoms with E-state index < -0.39 is 97.5 Å². The highest BCUT2D eigenvalue weighted by molar-refractivity contribution is 7.47. The fourth-order valence-corrected chi connectivity index (χ4v) is 11.5. The van der Waals surface area contributed by atoms with Crippen LogP contribution in [0.5, 0.6) is 0 Å². The first kappa shape index (κ1) is 100. The Kier molecular flexibility index (Phi) is 73.1. The number of hydrogen-bond acceptors (Lipinski definition) is 15. The summed E-state index contributed by atoms with van der Waals surface area (Å²) >= 11 is 0. The summed E-state index contributed by atoms with van der Waals surface area (Å²) < 4.78 is 68.6. The fourth-order valence-electron chi connectivity index (χ4n) is 9.91. The van der Waals surface area contributed by atoms with Gasteiger partial charge in [-0.3, -0.25) is 37.3 Å². The van der Waals surface area contributed by atoms with Crippen LogP contribution < -0.4 is 0 Å². The highest BCUT2D eigenvalue weighted by atomic mass is 31.2. The first-order valence-corrected chi connectivity index (χ1v) is 43.0. The summed E-state index contributed by atoms with van der Waals surface area (Å²) in [5.74, 6) is -2.30. The van der Waals surface area contributed by atoms with Gasteiger partial charge in [-0.25, -0.2) is 9.13 Å². The van der Waals surface area contributed by atoms with Crippen molar-refractivity contribution in [1.29, 1.82) is 0 Å².